The van der Waals surface area contributed by atoms with Gasteiger partial charge in [-0.3, -0.25) is 9.13 Å². The molecule has 0 unspecified atom stereocenters. The highest BCUT2D eigenvalue weighted by atomic mass is 32.2. The zero-order valence-corrected chi connectivity index (χ0v) is 32.8. The summed E-state index contributed by atoms with van der Waals surface area (Å²) in [4.78, 5) is 18.2. The van der Waals surface area contributed by atoms with Crippen LogP contribution in [0.5, 0.6) is 0 Å². The maximum absolute atomic E-state index is 6.53. The number of rotatable bonds is 5. The third-order valence-electron chi connectivity index (χ3n) is 11.8. The van der Waals surface area contributed by atoms with E-state index in [2.05, 4.69) is 167 Å². The van der Waals surface area contributed by atoms with Gasteiger partial charge in [-0.25, -0.2) is 15.0 Å². The van der Waals surface area contributed by atoms with E-state index in [-0.39, 0.29) is 0 Å². The number of hydrogen-bond acceptors (Lipinski definition) is 5. The Bertz CT molecular complexity index is 3680. The highest BCUT2D eigenvalue weighted by molar-refractivity contribution is 7.99. The first-order valence-corrected chi connectivity index (χ1v) is 20.8. The molecule has 12 aromatic rings. The number of hydrogen-bond donors (Lipinski definition) is 0. The molecule has 0 atom stereocenters. The molecule has 1 aliphatic rings. The molecule has 8 aromatic carbocycles. The Balaban J connectivity index is 1.07. The van der Waals surface area contributed by atoms with Crippen LogP contribution in [0.25, 0.3) is 111 Å². The van der Waals surface area contributed by atoms with Crippen LogP contribution in [0.15, 0.2) is 202 Å². The number of para-hydroxylation sites is 5. The van der Waals surface area contributed by atoms with E-state index in [4.69, 9.17) is 19.4 Å². The van der Waals surface area contributed by atoms with Crippen molar-refractivity contribution in [2.24, 2.45) is 0 Å². The largest absolute Gasteiger partial charge is 0.455 e. The third-order valence-corrected chi connectivity index (χ3v) is 12.9. The minimum absolute atomic E-state index is 0.553. The van der Waals surface area contributed by atoms with E-state index >= 15 is 0 Å². The maximum atomic E-state index is 6.53. The molecule has 0 N–H and O–H groups in total. The van der Waals surface area contributed by atoms with E-state index in [1.165, 1.54) is 37.2 Å². The predicted octanol–water partition coefficient (Wildman–Crippen LogP) is 13.9. The first-order valence-electron chi connectivity index (χ1n) is 20.0. The zero-order chi connectivity index (χ0) is 39.3. The average Bonchev–Trinajstić information content (AvgIpc) is 3.98. The molecule has 0 radical (unpaired) electrons. The summed E-state index contributed by atoms with van der Waals surface area (Å²) in [5, 5.41) is 5.71. The molecule has 0 amide bonds. The Morgan fingerprint density at radius 1 is 0.433 bits per heavy atom. The van der Waals surface area contributed by atoms with Crippen molar-refractivity contribution in [3.8, 4) is 56.7 Å². The minimum atomic E-state index is 0.553. The summed E-state index contributed by atoms with van der Waals surface area (Å²) in [5.74, 6) is 1.73. The highest BCUT2D eigenvalue weighted by Gasteiger charge is 2.28. The van der Waals surface area contributed by atoms with E-state index in [9.17, 15) is 0 Å². The first-order chi connectivity index (χ1) is 29.7. The molecule has 6 nitrogen and oxygen atoms in total. The molecular weight excluding hydrogens is 755 g/mol. The molecule has 0 spiro atoms. The van der Waals surface area contributed by atoms with Crippen LogP contribution in [0.4, 0.5) is 0 Å². The lowest BCUT2D eigenvalue weighted by molar-refractivity contribution is 0.669. The van der Waals surface area contributed by atoms with Gasteiger partial charge in [0.2, 0.25) is 0 Å². The van der Waals surface area contributed by atoms with E-state index in [1.54, 1.807) is 0 Å². The summed E-state index contributed by atoms with van der Waals surface area (Å²) >= 11 is 1.84. The van der Waals surface area contributed by atoms with Gasteiger partial charge in [-0.15, -0.1) is 0 Å². The van der Waals surface area contributed by atoms with Crippen LogP contribution < -0.4 is 0 Å². The topological polar surface area (TPSA) is 61.7 Å². The van der Waals surface area contributed by atoms with Crippen LogP contribution in [0, 0.1) is 0 Å². The second-order valence-electron chi connectivity index (χ2n) is 15.2. The fourth-order valence-corrected chi connectivity index (χ4v) is 10.2. The summed E-state index contributed by atoms with van der Waals surface area (Å²) in [6, 6.07) is 65.9. The Morgan fingerprint density at radius 2 is 1.07 bits per heavy atom. The summed E-state index contributed by atoms with van der Waals surface area (Å²) in [6.07, 6.45) is 0. The fraction of sp³-hybridized carbons (Fsp3) is 0. The lowest BCUT2D eigenvalue weighted by atomic mass is 10.0. The van der Waals surface area contributed by atoms with Crippen LogP contribution in [-0.2, 0) is 0 Å². The van der Waals surface area contributed by atoms with Gasteiger partial charge in [-0.2, -0.15) is 0 Å². The summed E-state index contributed by atoms with van der Waals surface area (Å²) in [6.45, 7) is 0. The SMILES string of the molecule is c1ccc(-c2ccc(-c3nc(-c4ccc5c6c7cccc8c7n(c6n(-c6ccccc6)c5c4)-c4ccccc4S8)nc(-c4cccc5c4oc4ccccc45)n3)cc2)cc1. The highest BCUT2D eigenvalue weighted by Crippen LogP contribution is 2.49. The fourth-order valence-electron chi connectivity index (χ4n) is 9.07. The van der Waals surface area contributed by atoms with Crippen molar-refractivity contribution >= 4 is 66.5 Å². The number of fused-ring (bicyclic) bond motifs is 10. The van der Waals surface area contributed by atoms with E-state index < -0.39 is 0 Å². The lowest BCUT2D eigenvalue weighted by Crippen LogP contribution is -2.05. The number of aromatic nitrogens is 5. The van der Waals surface area contributed by atoms with Crippen molar-refractivity contribution in [2.75, 3.05) is 0 Å². The lowest BCUT2D eigenvalue weighted by Gasteiger charge is -2.21. The second-order valence-corrected chi connectivity index (χ2v) is 16.3. The Kier molecular flexibility index (Phi) is 7.14. The molecule has 0 saturated heterocycles. The molecule has 1 aliphatic heterocycles. The van der Waals surface area contributed by atoms with Gasteiger partial charge in [0.05, 0.1) is 22.3 Å². The van der Waals surface area contributed by atoms with Crippen LogP contribution in [-0.4, -0.2) is 24.1 Å². The molecule has 0 aliphatic carbocycles. The van der Waals surface area contributed by atoms with Crippen LogP contribution >= 0.6 is 11.8 Å². The quantitative estimate of drug-likeness (QED) is 0.174. The summed E-state index contributed by atoms with van der Waals surface area (Å²) < 4.78 is 11.4. The maximum Gasteiger partial charge on any atom is 0.167 e. The zero-order valence-electron chi connectivity index (χ0n) is 32.0. The number of benzene rings is 8. The van der Waals surface area contributed by atoms with Crippen molar-refractivity contribution in [3.05, 3.63) is 188 Å². The molecule has 280 valence electrons. The van der Waals surface area contributed by atoms with Crippen molar-refractivity contribution in [2.45, 2.75) is 9.79 Å². The summed E-state index contributed by atoms with van der Waals surface area (Å²) in [5.41, 5.74) is 12.2. The predicted molar refractivity (Wildman–Crippen MR) is 244 cm³/mol. The van der Waals surface area contributed by atoms with E-state index in [0.717, 1.165) is 66.6 Å². The third kappa shape index (κ3) is 4.93. The van der Waals surface area contributed by atoms with Crippen LogP contribution in [0.1, 0.15) is 0 Å². The molecule has 5 heterocycles. The molecule has 4 aromatic heterocycles. The Labute approximate surface area is 348 Å². The van der Waals surface area contributed by atoms with Gasteiger partial charge in [0, 0.05) is 53.5 Å². The van der Waals surface area contributed by atoms with Crippen molar-refractivity contribution in [3.63, 3.8) is 0 Å². The minimum Gasteiger partial charge on any atom is -0.455 e. The molecule has 13 rings (SSSR count). The van der Waals surface area contributed by atoms with Gasteiger partial charge >= 0.3 is 0 Å². The second kappa shape index (κ2) is 12.9. The van der Waals surface area contributed by atoms with Gasteiger partial charge in [0.15, 0.2) is 17.5 Å². The van der Waals surface area contributed by atoms with Gasteiger partial charge in [-0.1, -0.05) is 151 Å². The molecule has 0 saturated carbocycles. The average molecular weight is 786 g/mol. The van der Waals surface area contributed by atoms with Gasteiger partial charge in [0.25, 0.3) is 0 Å². The monoisotopic (exact) mass is 785 g/mol. The summed E-state index contributed by atoms with van der Waals surface area (Å²) in [7, 11) is 0. The van der Waals surface area contributed by atoms with Crippen LogP contribution in [0.3, 0.4) is 0 Å². The van der Waals surface area contributed by atoms with Crippen LogP contribution in [0.2, 0.25) is 0 Å². The molecule has 7 heteroatoms. The normalized spacial score (nSPS) is 12.3. The van der Waals surface area contributed by atoms with Gasteiger partial charge in [-0.05, 0) is 59.7 Å². The van der Waals surface area contributed by atoms with Gasteiger partial charge < -0.3 is 4.42 Å². The molecular formula is C53H31N5OS. The number of nitrogens with zero attached hydrogens (tertiary/aromatic N) is 5. The number of furan rings is 1. The van der Waals surface area contributed by atoms with Crippen molar-refractivity contribution < 1.29 is 4.42 Å². The van der Waals surface area contributed by atoms with E-state index in [0.29, 0.717) is 17.5 Å². The standard InChI is InChI=1S/C53H31N5OS/c1-3-13-32(14-4-1)33-25-27-34(28-26-33)50-54-51(56-52(55-50)41-20-11-18-38-37-17-7-9-22-44(37)59-49(38)41)35-29-30-39-43(31-35)57(36-15-5-2-6-16-36)53-47(39)40-19-12-24-46-48(40)58(53)42-21-8-10-23-45(42)60-46/h1-31H. The first kappa shape index (κ1) is 33.3. The Hall–Kier alpha value is -7.74. The van der Waals surface area contributed by atoms with Crippen molar-refractivity contribution in [1.82, 2.24) is 24.1 Å². The van der Waals surface area contributed by atoms with E-state index in [1.807, 2.05) is 42.1 Å². The molecule has 0 fully saturated rings. The van der Waals surface area contributed by atoms with Crippen molar-refractivity contribution in [1.29, 1.82) is 0 Å². The molecule has 0 bridgehead atoms. The molecule has 60 heavy (non-hydrogen) atoms. The Morgan fingerprint density at radius 3 is 1.93 bits per heavy atom. The smallest absolute Gasteiger partial charge is 0.167 e. The van der Waals surface area contributed by atoms with Gasteiger partial charge in [0.1, 0.15) is 16.8 Å².